The van der Waals surface area contributed by atoms with Gasteiger partial charge in [-0.1, -0.05) is 26.0 Å². The number of halogens is 1. The molecule has 2 saturated heterocycles. The summed E-state index contributed by atoms with van der Waals surface area (Å²) in [7, 11) is 0. The van der Waals surface area contributed by atoms with E-state index in [1.54, 1.807) is 18.3 Å². The highest BCUT2D eigenvalue weighted by molar-refractivity contribution is 5.97. The van der Waals surface area contributed by atoms with E-state index in [0.717, 1.165) is 11.1 Å². The molecule has 3 aliphatic rings. The number of pyridine rings is 1. The van der Waals surface area contributed by atoms with Crippen LogP contribution in [0.2, 0.25) is 0 Å². The molecule has 2 aromatic rings. The SMILES string of the molecule is CC(C)[C@H]1COc2ncc(Cc3ccc(F)cc3)cc2N1C(=O)CN1C[C@@H](C)N(C(=O)OC(C)(C)C)C[C@@H]1CN1[C@H](C)COC[C@H]1C. The molecule has 2 fully saturated rings. The van der Waals surface area contributed by atoms with Crippen molar-refractivity contribution in [3.63, 3.8) is 0 Å². The second-order valence-corrected chi connectivity index (χ2v) is 14.9. The van der Waals surface area contributed by atoms with Gasteiger partial charge in [0.05, 0.1) is 25.8 Å². The minimum absolute atomic E-state index is 0.0278. The van der Waals surface area contributed by atoms with E-state index in [2.05, 4.69) is 42.5 Å². The van der Waals surface area contributed by atoms with Crippen LogP contribution in [0, 0.1) is 11.7 Å². The van der Waals surface area contributed by atoms with Crippen LogP contribution in [-0.4, -0.2) is 113 Å². The standard InChI is InChI=1S/C36H52FN5O5/c1-23(2)32-22-46-34-31(14-28(15-38-34)13-27-9-11-29(37)12-10-27)42(32)33(43)19-39-16-24(3)41(35(44)47-36(6,7)8)18-30(39)17-40-25(4)20-45-21-26(40)5/h9-12,14-15,23-26,30,32H,13,16-22H2,1-8H3/t24-,25-,26-,30+,32-/m1/s1. The molecule has 0 unspecified atom stereocenters. The largest absolute Gasteiger partial charge is 0.474 e. The number of aromatic nitrogens is 1. The lowest BCUT2D eigenvalue weighted by Gasteiger charge is -2.49. The van der Waals surface area contributed by atoms with Gasteiger partial charge in [0.1, 0.15) is 23.7 Å². The Hall–Kier alpha value is -3.28. The predicted octanol–water partition coefficient (Wildman–Crippen LogP) is 4.98. The van der Waals surface area contributed by atoms with Crippen LogP contribution in [0.1, 0.15) is 66.5 Å². The summed E-state index contributed by atoms with van der Waals surface area (Å²) in [6.07, 6.45) is 1.99. The van der Waals surface area contributed by atoms with Gasteiger partial charge in [0, 0.05) is 50.0 Å². The first-order valence-electron chi connectivity index (χ1n) is 17.0. The summed E-state index contributed by atoms with van der Waals surface area (Å²) in [5.74, 6) is 0.273. The number of hydrogen-bond donors (Lipinski definition) is 0. The Kier molecular flexibility index (Phi) is 10.8. The minimum atomic E-state index is -0.605. The van der Waals surface area contributed by atoms with Crippen LogP contribution >= 0.6 is 0 Å². The summed E-state index contributed by atoms with van der Waals surface area (Å²) in [5.41, 5.74) is 1.92. The number of fused-ring (bicyclic) bond motifs is 1. The zero-order valence-corrected chi connectivity index (χ0v) is 29.2. The number of carbonyl (C=O) groups excluding carboxylic acids is 2. The van der Waals surface area contributed by atoms with Gasteiger partial charge in [0.2, 0.25) is 11.8 Å². The van der Waals surface area contributed by atoms with Gasteiger partial charge in [-0.15, -0.1) is 0 Å². The second kappa shape index (κ2) is 14.5. The van der Waals surface area contributed by atoms with E-state index in [0.29, 0.717) is 57.4 Å². The zero-order chi connectivity index (χ0) is 34.0. The lowest BCUT2D eigenvalue weighted by atomic mass is 9.99. The highest BCUT2D eigenvalue weighted by atomic mass is 19.1. The maximum atomic E-state index is 14.5. The fraction of sp³-hybridized carbons (Fsp3) is 0.639. The molecule has 0 spiro atoms. The number of ether oxygens (including phenoxy) is 3. The average molecular weight is 654 g/mol. The Bertz CT molecular complexity index is 1390. The monoisotopic (exact) mass is 653 g/mol. The molecule has 5 atom stereocenters. The third kappa shape index (κ3) is 8.42. The van der Waals surface area contributed by atoms with Crippen LogP contribution in [0.3, 0.4) is 0 Å². The van der Waals surface area contributed by atoms with Crippen molar-refractivity contribution >= 4 is 17.7 Å². The van der Waals surface area contributed by atoms with Crippen molar-refractivity contribution < 1.29 is 28.2 Å². The number of morpholine rings is 1. The third-order valence-electron chi connectivity index (χ3n) is 9.42. The van der Waals surface area contributed by atoms with Crippen LogP contribution in [0.25, 0.3) is 0 Å². The molecule has 2 amide bonds. The van der Waals surface area contributed by atoms with Crippen molar-refractivity contribution in [2.75, 3.05) is 50.9 Å². The second-order valence-electron chi connectivity index (χ2n) is 14.9. The molecule has 0 aliphatic carbocycles. The fourth-order valence-corrected chi connectivity index (χ4v) is 6.87. The number of anilines is 1. The Morgan fingerprint density at radius 2 is 1.68 bits per heavy atom. The molecule has 10 nitrogen and oxygen atoms in total. The van der Waals surface area contributed by atoms with Gasteiger partial charge in [-0.2, -0.15) is 0 Å². The number of nitrogens with zero attached hydrogens (tertiary/aromatic N) is 5. The molecular formula is C36H52FN5O5. The molecule has 5 rings (SSSR count). The average Bonchev–Trinajstić information content (AvgIpc) is 2.99. The molecule has 0 N–H and O–H groups in total. The summed E-state index contributed by atoms with van der Waals surface area (Å²) in [6, 6.07) is 8.44. The highest BCUT2D eigenvalue weighted by Crippen LogP contribution is 2.36. The smallest absolute Gasteiger partial charge is 0.410 e. The minimum Gasteiger partial charge on any atom is -0.474 e. The number of carbonyl (C=O) groups is 2. The first-order valence-corrected chi connectivity index (χ1v) is 17.0. The van der Waals surface area contributed by atoms with Gasteiger partial charge in [-0.25, -0.2) is 14.2 Å². The van der Waals surface area contributed by atoms with Gasteiger partial charge >= 0.3 is 6.09 Å². The molecule has 1 aromatic heterocycles. The first kappa shape index (κ1) is 35.0. The quantitative estimate of drug-likeness (QED) is 0.414. The number of benzene rings is 1. The molecule has 258 valence electrons. The summed E-state index contributed by atoms with van der Waals surface area (Å²) < 4.78 is 31.2. The van der Waals surface area contributed by atoms with Crippen molar-refractivity contribution in [1.82, 2.24) is 19.7 Å². The lowest BCUT2D eigenvalue weighted by molar-refractivity contribution is -0.123. The Labute approximate surface area is 279 Å². The first-order chi connectivity index (χ1) is 22.2. The van der Waals surface area contributed by atoms with Gasteiger partial charge in [-0.3, -0.25) is 19.5 Å². The van der Waals surface area contributed by atoms with E-state index in [1.807, 2.05) is 43.6 Å². The predicted molar refractivity (Wildman–Crippen MR) is 179 cm³/mol. The molecule has 0 bridgehead atoms. The van der Waals surface area contributed by atoms with Crippen molar-refractivity contribution in [2.45, 2.75) is 97.6 Å². The zero-order valence-electron chi connectivity index (χ0n) is 29.2. The van der Waals surface area contributed by atoms with Gasteiger partial charge < -0.3 is 19.1 Å². The molecule has 3 aliphatic heterocycles. The van der Waals surface area contributed by atoms with Gasteiger partial charge in [0.15, 0.2) is 0 Å². The van der Waals surface area contributed by atoms with Gasteiger partial charge in [-0.05, 0) is 83.2 Å². The van der Waals surface area contributed by atoms with E-state index >= 15 is 0 Å². The van der Waals surface area contributed by atoms with Crippen molar-refractivity contribution in [1.29, 1.82) is 0 Å². The maximum Gasteiger partial charge on any atom is 0.410 e. The van der Waals surface area contributed by atoms with Crippen molar-refractivity contribution in [2.24, 2.45) is 5.92 Å². The summed E-state index contributed by atoms with van der Waals surface area (Å²) in [5, 5.41) is 0. The van der Waals surface area contributed by atoms with Crippen LogP contribution in [-0.2, 0) is 20.7 Å². The molecule has 0 saturated carbocycles. The molecule has 1 aromatic carbocycles. The van der Waals surface area contributed by atoms with Gasteiger partial charge in [0.25, 0.3) is 0 Å². The third-order valence-corrected chi connectivity index (χ3v) is 9.42. The van der Waals surface area contributed by atoms with E-state index in [4.69, 9.17) is 14.2 Å². The van der Waals surface area contributed by atoms with Crippen LogP contribution in [0.5, 0.6) is 5.88 Å². The lowest BCUT2D eigenvalue weighted by Crippen LogP contribution is -2.65. The number of rotatable bonds is 7. The molecule has 11 heteroatoms. The van der Waals surface area contributed by atoms with E-state index in [1.165, 1.54) is 12.1 Å². The van der Waals surface area contributed by atoms with Crippen LogP contribution in [0.4, 0.5) is 14.9 Å². The number of hydrogen-bond acceptors (Lipinski definition) is 8. The van der Waals surface area contributed by atoms with E-state index < -0.39 is 5.60 Å². The summed E-state index contributed by atoms with van der Waals surface area (Å²) in [6.45, 7) is 19.7. The van der Waals surface area contributed by atoms with E-state index in [-0.39, 0.29) is 60.5 Å². The fourth-order valence-electron chi connectivity index (χ4n) is 6.87. The summed E-state index contributed by atoms with van der Waals surface area (Å²) >= 11 is 0. The molecule has 4 heterocycles. The van der Waals surface area contributed by atoms with Crippen LogP contribution < -0.4 is 9.64 Å². The Morgan fingerprint density at radius 1 is 1.00 bits per heavy atom. The molecular weight excluding hydrogens is 601 g/mol. The highest BCUT2D eigenvalue weighted by Gasteiger charge is 2.42. The maximum absolute atomic E-state index is 14.5. The normalized spacial score (nSPS) is 25.8. The van der Waals surface area contributed by atoms with Crippen molar-refractivity contribution in [3.8, 4) is 5.88 Å². The Morgan fingerprint density at radius 3 is 2.32 bits per heavy atom. The molecule has 0 radical (unpaired) electrons. The van der Waals surface area contributed by atoms with Crippen LogP contribution in [0.15, 0.2) is 36.5 Å². The number of amides is 2. The topological polar surface area (TPSA) is 87.7 Å². The summed E-state index contributed by atoms with van der Waals surface area (Å²) in [4.78, 5) is 40.9. The van der Waals surface area contributed by atoms with E-state index in [9.17, 15) is 14.0 Å². The Balaban J connectivity index is 1.42. The number of piperazine rings is 1. The van der Waals surface area contributed by atoms with Crippen molar-refractivity contribution in [3.05, 3.63) is 53.5 Å². The molecule has 47 heavy (non-hydrogen) atoms.